The van der Waals surface area contributed by atoms with Gasteiger partial charge in [0.2, 0.25) is 17.6 Å². The van der Waals surface area contributed by atoms with E-state index >= 15 is 0 Å². The maximum absolute atomic E-state index is 13.2. The van der Waals surface area contributed by atoms with Crippen molar-refractivity contribution < 1.29 is 23.9 Å². The first-order valence-corrected chi connectivity index (χ1v) is 12.0. The number of benzene rings is 3. The van der Waals surface area contributed by atoms with Gasteiger partial charge in [-0.05, 0) is 49.2 Å². The molecule has 0 saturated carbocycles. The molecular formula is C29H22ClNO5. The van der Waals surface area contributed by atoms with Gasteiger partial charge in [0.15, 0.2) is 6.10 Å². The molecule has 1 aliphatic carbocycles. The van der Waals surface area contributed by atoms with Gasteiger partial charge < -0.3 is 4.74 Å². The Labute approximate surface area is 213 Å². The van der Waals surface area contributed by atoms with Crippen LogP contribution >= 0.6 is 11.6 Å². The maximum atomic E-state index is 13.2. The Morgan fingerprint density at radius 1 is 0.778 bits per heavy atom. The van der Waals surface area contributed by atoms with E-state index in [-0.39, 0.29) is 35.0 Å². The van der Waals surface area contributed by atoms with Crippen molar-refractivity contribution in [1.29, 1.82) is 0 Å². The number of imide groups is 1. The van der Waals surface area contributed by atoms with E-state index in [1.807, 2.05) is 12.2 Å². The Balaban J connectivity index is 1.37. The summed E-state index contributed by atoms with van der Waals surface area (Å²) in [6, 6.07) is 21.2. The summed E-state index contributed by atoms with van der Waals surface area (Å²) < 4.78 is 5.68. The second-order valence-corrected chi connectivity index (χ2v) is 9.22. The van der Waals surface area contributed by atoms with Crippen LogP contribution in [0.5, 0.6) is 0 Å². The van der Waals surface area contributed by atoms with Gasteiger partial charge in [-0.25, -0.2) is 4.79 Å². The lowest BCUT2D eigenvalue weighted by Gasteiger charge is -2.18. The van der Waals surface area contributed by atoms with Crippen molar-refractivity contribution in [2.24, 2.45) is 11.8 Å². The average Bonchev–Trinajstić information content (AvgIpc) is 3.17. The van der Waals surface area contributed by atoms with Crippen molar-refractivity contribution in [3.05, 3.63) is 113 Å². The van der Waals surface area contributed by atoms with Crippen LogP contribution in [0, 0.1) is 11.8 Å². The minimum absolute atomic E-state index is 0.191. The minimum atomic E-state index is -1.17. The molecule has 1 saturated heterocycles. The summed E-state index contributed by atoms with van der Waals surface area (Å²) >= 11 is 6.00. The number of Topliss-reactive ketones (excluding diaryl/α,β-unsaturated/α-hetero) is 1. The zero-order valence-electron chi connectivity index (χ0n) is 19.2. The van der Waals surface area contributed by atoms with Gasteiger partial charge in [-0.15, -0.1) is 0 Å². The van der Waals surface area contributed by atoms with Crippen LogP contribution in [0.15, 0.2) is 91.0 Å². The summed E-state index contributed by atoms with van der Waals surface area (Å²) in [7, 11) is 0. The molecule has 0 bridgehead atoms. The number of esters is 1. The highest BCUT2D eigenvalue weighted by molar-refractivity contribution is 6.30. The molecule has 6 nitrogen and oxygen atoms in total. The van der Waals surface area contributed by atoms with Gasteiger partial charge in [0.1, 0.15) is 0 Å². The van der Waals surface area contributed by atoms with Crippen molar-refractivity contribution in [3.63, 3.8) is 0 Å². The highest BCUT2D eigenvalue weighted by Gasteiger charge is 2.47. The van der Waals surface area contributed by atoms with E-state index in [2.05, 4.69) is 0 Å². The Morgan fingerprint density at radius 2 is 1.36 bits per heavy atom. The monoisotopic (exact) mass is 499 g/mol. The fourth-order valence-electron chi connectivity index (χ4n) is 4.64. The van der Waals surface area contributed by atoms with Gasteiger partial charge in [-0.1, -0.05) is 66.2 Å². The van der Waals surface area contributed by atoms with Crippen molar-refractivity contribution in [3.8, 4) is 0 Å². The number of anilines is 1. The van der Waals surface area contributed by atoms with Crippen molar-refractivity contribution >= 4 is 40.9 Å². The molecule has 180 valence electrons. The van der Waals surface area contributed by atoms with Crippen molar-refractivity contribution in [2.75, 3.05) is 4.90 Å². The van der Waals surface area contributed by atoms with E-state index < -0.39 is 12.1 Å². The molecule has 1 fully saturated rings. The van der Waals surface area contributed by atoms with Crippen LogP contribution in [0.25, 0.3) is 0 Å². The predicted molar refractivity (Wildman–Crippen MR) is 135 cm³/mol. The molecule has 3 aromatic carbocycles. The first kappa shape index (κ1) is 23.7. The quantitative estimate of drug-likeness (QED) is 0.191. The fraction of sp³-hybridized carbons (Fsp3) is 0.172. The number of fused-ring (bicyclic) bond motifs is 1. The summed E-state index contributed by atoms with van der Waals surface area (Å²) in [6.07, 6.45) is 3.80. The van der Waals surface area contributed by atoms with Crippen LogP contribution in [0.1, 0.15) is 45.2 Å². The first-order chi connectivity index (χ1) is 17.4. The van der Waals surface area contributed by atoms with Gasteiger partial charge in [-0.2, -0.15) is 0 Å². The van der Waals surface area contributed by atoms with E-state index in [4.69, 9.17) is 16.3 Å². The molecule has 0 unspecified atom stereocenters. The molecule has 0 spiro atoms. The third-order valence-corrected chi connectivity index (χ3v) is 6.81. The third-order valence-electron chi connectivity index (χ3n) is 6.56. The number of halogens is 1. The predicted octanol–water partition coefficient (Wildman–Crippen LogP) is 5.58. The Bertz CT molecular complexity index is 1320. The van der Waals surface area contributed by atoms with E-state index in [0.29, 0.717) is 34.7 Å². The molecule has 0 radical (unpaired) electrons. The third kappa shape index (κ3) is 4.48. The smallest absolute Gasteiger partial charge is 0.339 e. The zero-order chi connectivity index (χ0) is 25.2. The lowest BCUT2D eigenvalue weighted by atomic mass is 9.85. The van der Waals surface area contributed by atoms with Crippen LogP contribution in [0.4, 0.5) is 5.69 Å². The van der Waals surface area contributed by atoms with E-state index in [0.717, 1.165) is 0 Å². The zero-order valence-corrected chi connectivity index (χ0v) is 19.9. The van der Waals surface area contributed by atoms with Gasteiger partial charge in [0, 0.05) is 16.1 Å². The van der Waals surface area contributed by atoms with Crippen LogP contribution < -0.4 is 4.90 Å². The lowest BCUT2D eigenvalue weighted by molar-refractivity contribution is -0.122. The summed E-state index contributed by atoms with van der Waals surface area (Å²) in [5.41, 5.74) is 1.49. The molecule has 3 atom stereocenters. The van der Waals surface area contributed by atoms with Gasteiger partial charge in [0.25, 0.3) is 0 Å². The molecule has 3 aromatic rings. The number of allylic oxidation sites excluding steroid dienone is 2. The first-order valence-electron chi connectivity index (χ1n) is 11.6. The van der Waals surface area contributed by atoms with Crippen molar-refractivity contribution in [1.82, 2.24) is 0 Å². The van der Waals surface area contributed by atoms with Gasteiger partial charge in [-0.3, -0.25) is 19.3 Å². The molecule has 2 amide bonds. The Kier molecular flexibility index (Phi) is 6.53. The number of carbonyl (C=O) groups is 4. The van der Waals surface area contributed by atoms with Crippen molar-refractivity contribution in [2.45, 2.75) is 18.9 Å². The number of ketones is 1. The molecule has 2 aliphatic rings. The van der Waals surface area contributed by atoms with E-state index in [1.165, 1.54) is 17.0 Å². The molecule has 5 rings (SSSR count). The lowest BCUT2D eigenvalue weighted by Crippen LogP contribution is -2.30. The molecule has 0 N–H and O–H groups in total. The number of amides is 2. The molecular weight excluding hydrogens is 478 g/mol. The summed E-state index contributed by atoms with van der Waals surface area (Å²) in [5.74, 6) is -2.19. The second kappa shape index (κ2) is 9.91. The van der Waals surface area contributed by atoms with Crippen LogP contribution in [0.3, 0.4) is 0 Å². The second-order valence-electron chi connectivity index (χ2n) is 8.78. The van der Waals surface area contributed by atoms with Gasteiger partial charge >= 0.3 is 5.97 Å². The summed E-state index contributed by atoms with van der Waals surface area (Å²) in [4.78, 5) is 53.1. The number of carbonyl (C=O) groups excluding carboxylic acids is 4. The number of rotatable bonds is 6. The topological polar surface area (TPSA) is 80.8 Å². The highest BCUT2D eigenvalue weighted by Crippen LogP contribution is 2.37. The summed E-state index contributed by atoms with van der Waals surface area (Å²) in [6.45, 7) is 0. The highest BCUT2D eigenvalue weighted by atomic mass is 35.5. The largest absolute Gasteiger partial charge is 0.445 e. The fourth-order valence-corrected chi connectivity index (χ4v) is 4.77. The number of nitrogens with zero attached hydrogens (tertiary/aromatic N) is 1. The molecule has 1 heterocycles. The maximum Gasteiger partial charge on any atom is 0.339 e. The van der Waals surface area contributed by atoms with Crippen LogP contribution in [0.2, 0.25) is 5.02 Å². The Morgan fingerprint density at radius 3 is 1.94 bits per heavy atom. The standard InChI is InChI=1S/C29H22ClNO5/c30-21-14-10-19(11-15-21)26(25(32)18-6-2-1-3-7-18)36-29(35)20-12-16-22(17-13-20)31-27(33)23-8-4-5-9-24(23)28(31)34/h1-7,10-17,23-24,26H,8-9H2/t23-,24+,26-/m1/s1. The number of ether oxygens (including phenoxy) is 1. The van der Waals surface area contributed by atoms with E-state index in [1.54, 1.807) is 66.7 Å². The Hall–Kier alpha value is -4.03. The SMILES string of the molecule is O=C(O[C@@H](C(=O)c1ccccc1)c1ccc(Cl)cc1)c1ccc(N2C(=O)[C@H]3CC=CC[C@H]3C2=O)cc1. The molecule has 0 aromatic heterocycles. The van der Waals surface area contributed by atoms with Crippen LogP contribution in [-0.4, -0.2) is 23.6 Å². The van der Waals surface area contributed by atoms with Crippen LogP contribution in [-0.2, 0) is 14.3 Å². The average molecular weight is 500 g/mol. The normalized spacial score (nSPS) is 19.6. The van der Waals surface area contributed by atoms with E-state index in [9.17, 15) is 19.2 Å². The number of hydrogen-bond acceptors (Lipinski definition) is 5. The summed E-state index contributed by atoms with van der Waals surface area (Å²) in [5, 5.41) is 0.494. The molecule has 7 heteroatoms. The molecule has 1 aliphatic heterocycles. The molecule has 36 heavy (non-hydrogen) atoms. The van der Waals surface area contributed by atoms with Gasteiger partial charge in [0.05, 0.1) is 23.1 Å². The number of hydrogen-bond donors (Lipinski definition) is 0. The minimum Gasteiger partial charge on any atom is -0.445 e.